The molecule has 0 N–H and O–H groups in total. The molecule has 5 rings (SSSR count). The van der Waals surface area contributed by atoms with Crippen LogP contribution < -0.4 is 4.90 Å². The number of ether oxygens (including phenoxy) is 1. The first-order valence-electron chi connectivity index (χ1n) is 10.1. The van der Waals surface area contributed by atoms with E-state index in [4.69, 9.17) is 9.72 Å². The SMILES string of the molecule is CSc1ccc2nc(N(CC3CCCO3)C(=O)c3ccc4ccccc4c3)sc2c1. The first kappa shape index (κ1) is 19.5. The molecule has 1 aromatic heterocycles. The lowest BCUT2D eigenvalue weighted by molar-refractivity contribution is 0.0917. The largest absolute Gasteiger partial charge is 0.376 e. The van der Waals surface area contributed by atoms with Crippen LogP contribution in [0.25, 0.3) is 21.0 Å². The van der Waals surface area contributed by atoms with E-state index < -0.39 is 0 Å². The van der Waals surface area contributed by atoms with Gasteiger partial charge in [-0.15, -0.1) is 11.8 Å². The highest BCUT2D eigenvalue weighted by Crippen LogP contribution is 2.33. The highest BCUT2D eigenvalue weighted by atomic mass is 32.2. The number of hydrogen-bond acceptors (Lipinski definition) is 5. The monoisotopic (exact) mass is 434 g/mol. The third-order valence-electron chi connectivity index (χ3n) is 5.47. The minimum Gasteiger partial charge on any atom is -0.376 e. The predicted molar refractivity (Wildman–Crippen MR) is 126 cm³/mol. The van der Waals surface area contributed by atoms with Crippen LogP contribution >= 0.6 is 23.1 Å². The molecule has 0 aliphatic carbocycles. The maximum atomic E-state index is 13.6. The maximum Gasteiger partial charge on any atom is 0.260 e. The van der Waals surface area contributed by atoms with Crippen LogP contribution in [-0.4, -0.2) is 36.4 Å². The summed E-state index contributed by atoms with van der Waals surface area (Å²) in [4.78, 5) is 21.4. The summed E-state index contributed by atoms with van der Waals surface area (Å²) in [6, 6.07) is 20.3. The van der Waals surface area contributed by atoms with Gasteiger partial charge >= 0.3 is 0 Å². The second-order valence-corrected chi connectivity index (χ2v) is 9.33. The second-order valence-electron chi connectivity index (χ2n) is 7.44. The van der Waals surface area contributed by atoms with E-state index in [2.05, 4.69) is 24.5 Å². The molecule has 30 heavy (non-hydrogen) atoms. The van der Waals surface area contributed by atoms with E-state index in [1.54, 1.807) is 23.1 Å². The Balaban J connectivity index is 1.54. The average Bonchev–Trinajstić information content (AvgIpc) is 3.45. The van der Waals surface area contributed by atoms with Gasteiger partial charge in [0.25, 0.3) is 5.91 Å². The lowest BCUT2D eigenvalue weighted by Gasteiger charge is -2.23. The highest BCUT2D eigenvalue weighted by molar-refractivity contribution is 7.98. The summed E-state index contributed by atoms with van der Waals surface area (Å²) in [5.41, 5.74) is 1.60. The van der Waals surface area contributed by atoms with Crippen LogP contribution in [0.3, 0.4) is 0 Å². The molecule has 6 heteroatoms. The fourth-order valence-corrected chi connectivity index (χ4v) is 5.38. The van der Waals surface area contributed by atoms with E-state index in [9.17, 15) is 4.79 Å². The standard InChI is InChI=1S/C24H22N2O2S2/c1-29-20-10-11-21-22(14-20)30-24(25-21)26(15-19-7-4-12-28-19)23(27)18-9-8-16-5-2-3-6-17(16)13-18/h2-3,5-6,8-11,13-14,19H,4,7,12,15H2,1H3. The van der Waals surface area contributed by atoms with E-state index in [-0.39, 0.29) is 12.0 Å². The Morgan fingerprint density at radius 3 is 2.83 bits per heavy atom. The van der Waals surface area contributed by atoms with Crippen molar-refractivity contribution < 1.29 is 9.53 Å². The average molecular weight is 435 g/mol. The zero-order chi connectivity index (χ0) is 20.5. The Kier molecular flexibility index (Phi) is 5.46. The molecule has 3 aromatic carbocycles. The van der Waals surface area contributed by atoms with Crippen molar-refractivity contribution in [2.75, 3.05) is 24.3 Å². The van der Waals surface area contributed by atoms with Crippen LogP contribution in [0.5, 0.6) is 0 Å². The topological polar surface area (TPSA) is 42.4 Å². The van der Waals surface area contributed by atoms with Crippen molar-refractivity contribution in [1.29, 1.82) is 0 Å². The van der Waals surface area contributed by atoms with Crippen LogP contribution in [0.1, 0.15) is 23.2 Å². The summed E-state index contributed by atoms with van der Waals surface area (Å²) < 4.78 is 6.95. The van der Waals surface area contributed by atoms with Gasteiger partial charge in [-0.1, -0.05) is 41.7 Å². The van der Waals surface area contributed by atoms with Crippen LogP contribution in [-0.2, 0) is 4.74 Å². The molecule has 152 valence electrons. The fraction of sp³-hybridized carbons (Fsp3) is 0.250. The third kappa shape index (κ3) is 3.83. The molecule has 1 aliphatic heterocycles. The third-order valence-corrected chi connectivity index (χ3v) is 7.23. The Bertz CT molecular complexity index is 1210. The first-order chi connectivity index (χ1) is 14.7. The first-order valence-corrected chi connectivity index (χ1v) is 12.1. The van der Waals surface area contributed by atoms with Gasteiger partial charge in [0.05, 0.1) is 22.9 Å². The Morgan fingerprint density at radius 1 is 1.17 bits per heavy atom. The van der Waals surface area contributed by atoms with Crippen molar-refractivity contribution in [2.45, 2.75) is 23.8 Å². The zero-order valence-electron chi connectivity index (χ0n) is 16.7. The lowest BCUT2D eigenvalue weighted by Crippen LogP contribution is -2.37. The number of thiazole rings is 1. The molecule has 0 bridgehead atoms. The fourth-order valence-electron chi connectivity index (χ4n) is 3.85. The molecule has 4 aromatic rings. The van der Waals surface area contributed by atoms with E-state index >= 15 is 0 Å². The van der Waals surface area contributed by atoms with Crippen LogP contribution in [0.15, 0.2) is 65.6 Å². The van der Waals surface area contributed by atoms with E-state index in [1.165, 1.54) is 4.90 Å². The number of carbonyl (C=O) groups excluding carboxylic acids is 1. The highest BCUT2D eigenvalue weighted by Gasteiger charge is 2.27. The van der Waals surface area contributed by atoms with Gasteiger partial charge in [0.1, 0.15) is 0 Å². The maximum absolute atomic E-state index is 13.6. The van der Waals surface area contributed by atoms with Gasteiger partial charge in [0.2, 0.25) is 0 Å². The van der Waals surface area contributed by atoms with Crippen molar-refractivity contribution in [2.24, 2.45) is 0 Å². The Labute approximate surface area is 183 Å². The predicted octanol–water partition coefficient (Wildman–Crippen LogP) is 6.00. The summed E-state index contributed by atoms with van der Waals surface area (Å²) in [6.07, 6.45) is 4.14. The number of aromatic nitrogens is 1. The smallest absolute Gasteiger partial charge is 0.260 e. The summed E-state index contributed by atoms with van der Waals surface area (Å²) in [5.74, 6) is -0.0274. The minimum atomic E-state index is -0.0274. The second kappa shape index (κ2) is 8.38. The van der Waals surface area contributed by atoms with Crippen molar-refractivity contribution in [3.05, 3.63) is 66.2 Å². The minimum absolute atomic E-state index is 0.0274. The quantitative estimate of drug-likeness (QED) is 0.362. The molecule has 4 nitrogen and oxygen atoms in total. The van der Waals surface area contributed by atoms with Gasteiger partial charge in [0, 0.05) is 17.1 Å². The van der Waals surface area contributed by atoms with Crippen LogP contribution in [0.4, 0.5) is 5.13 Å². The number of nitrogens with zero attached hydrogens (tertiary/aromatic N) is 2. The van der Waals surface area contributed by atoms with E-state index in [0.29, 0.717) is 12.1 Å². The normalized spacial score (nSPS) is 16.4. The number of carbonyl (C=O) groups is 1. The van der Waals surface area contributed by atoms with Crippen molar-refractivity contribution in [3.8, 4) is 0 Å². The van der Waals surface area contributed by atoms with Gasteiger partial charge in [0.15, 0.2) is 5.13 Å². The van der Waals surface area contributed by atoms with Crippen molar-refractivity contribution in [1.82, 2.24) is 4.98 Å². The van der Waals surface area contributed by atoms with Gasteiger partial charge < -0.3 is 4.74 Å². The Hall–Kier alpha value is -2.41. The number of amides is 1. The molecule has 1 fully saturated rings. The summed E-state index contributed by atoms with van der Waals surface area (Å²) in [6.45, 7) is 1.29. The molecular weight excluding hydrogens is 412 g/mol. The van der Waals surface area contributed by atoms with Crippen LogP contribution in [0, 0.1) is 0 Å². The number of thioether (sulfide) groups is 1. The summed E-state index contributed by atoms with van der Waals surface area (Å²) in [7, 11) is 0. The number of hydrogen-bond donors (Lipinski definition) is 0. The van der Waals surface area contributed by atoms with Crippen LogP contribution in [0.2, 0.25) is 0 Å². The molecule has 2 heterocycles. The summed E-state index contributed by atoms with van der Waals surface area (Å²) in [5, 5.41) is 2.93. The number of rotatable bonds is 5. The van der Waals surface area contributed by atoms with Crippen molar-refractivity contribution in [3.63, 3.8) is 0 Å². The van der Waals surface area contributed by atoms with Gasteiger partial charge in [-0.05, 0) is 60.2 Å². The molecule has 0 saturated carbocycles. The molecule has 1 unspecified atom stereocenters. The number of benzene rings is 3. The van der Waals surface area contributed by atoms with E-state index in [1.807, 2.05) is 47.4 Å². The molecule has 1 atom stereocenters. The summed E-state index contributed by atoms with van der Waals surface area (Å²) >= 11 is 3.28. The molecule has 1 aliphatic rings. The van der Waals surface area contributed by atoms with Gasteiger partial charge in [-0.25, -0.2) is 4.98 Å². The van der Waals surface area contributed by atoms with Gasteiger partial charge in [-0.2, -0.15) is 0 Å². The Morgan fingerprint density at radius 2 is 2.03 bits per heavy atom. The molecule has 1 saturated heterocycles. The molecule has 0 spiro atoms. The molecule has 0 radical (unpaired) electrons. The molecular formula is C24H22N2O2S2. The number of anilines is 1. The zero-order valence-corrected chi connectivity index (χ0v) is 18.3. The van der Waals surface area contributed by atoms with Gasteiger partial charge in [-0.3, -0.25) is 9.69 Å². The van der Waals surface area contributed by atoms with E-state index in [0.717, 1.165) is 45.6 Å². The lowest BCUT2D eigenvalue weighted by atomic mass is 10.1. The number of fused-ring (bicyclic) bond motifs is 2. The molecule has 1 amide bonds. The van der Waals surface area contributed by atoms with Crippen molar-refractivity contribution >= 4 is 55.1 Å².